The van der Waals surface area contributed by atoms with Gasteiger partial charge < -0.3 is 15.7 Å². The predicted molar refractivity (Wildman–Crippen MR) is 60.7 cm³/mol. The molecule has 4 nitrogen and oxygen atoms in total. The quantitative estimate of drug-likeness (QED) is 0.755. The van der Waals surface area contributed by atoms with Gasteiger partial charge in [-0.1, -0.05) is 0 Å². The minimum atomic E-state index is 0.312. The number of pyridine rings is 1. The van der Waals surface area contributed by atoms with E-state index in [1.807, 2.05) is 12.1 Å². The van der Waals surface area contributed by atoms with Crippen molar-refractivity contribution in [2.24, 2.45) is 5.92 Å². The van der Waals surface area contributed by atoms with E-state index in [9.17, 15) is 0 Å². The molecule has 0 aliphatic carbocycles. The molecule has 0 atom stereocenters. The smallest absolute Gasteiger partial charge is 0.125 e. The number of hydrogen-bond acceptors (Lipinski definition) is 4. The summed E-state index contributed by atoms with van der Waals surface area (Å²) >= 11 is 0. The molecule has 0 aromatic carbocycles. The molecule has 15 heavy (non-hydrogen) atoms. The van der Waals surface area contributed by atoms with Gasteiger partial charge in [-0.25, -0.2) is 4.98 Å². The largest absolute Gasteiger partial charge is 0.396 e. The van der Waals surface area contributed by atoms with Gasteiger partial charge in [-0.05, 0) is 24.8 Å². The lowest BCUT2D eigenvalue weighted by Crippen LogP contribution is -2.34. The molecule has 0 radical (unpaired) electrons. The molecular weight excluding hydrogens is 190 g/mol. The molecule has 3 N–H and O–H groups in total. The first-order valence-corrected chi connectivity index (χ1v) is 5.37. The van der Waals surface area contributed by atoms with Crippen molar-refractivity contribution in [3.63, 3.8) is 0 Å². The van der Waals surface area contributed by atoms with Crippen molar-refractivity contribution in [2.75, 3.05) is 30.3 Å². The minimum absolute atomic E-state index is 0.312. The van der Waals surface area contributed by atoms with E-state index in [1.54, 1.807) is 6.20 Å². The monoisotopic (exact) mass is 207 g/mol. The molecule has 1 aliphatic heterocycles. The van der Waals surface area contributed by atoms with Crippen molar-refractivity contribution in [2.45, 2.75) is 12.8 Å². The summed E-state index contributed by atoms with van der Waals surface area (Å²) < 4.78 is 0. The SMILES string of the molecule is Nc1cc(N2CCC(CO)CC2)ccn1. The van der Waals surface area contributed by atoms with Crippen LogP contribution in [0.25, 0.3) is 0 Å². The first kappa shape index (κ1) is 10.2. The molecule has 0 bridgehead atoms. The van der Waals surface area contributed by atoms with Crippen LogP contribution in [0.4, 0.5) is 11.5 Å². The predicted octanol–water partition coefficient (Wildman–Crippen LogP) is 0.872. The van der Waals surface area contributed by atoms with E-state index >= 15 is 0 Å². The fraction of sp³-hybridized carbons (Fsp3) is 0.545. The molecule has 0 amide bonds. The van der Waals surface area contributed by atoms with Crippen LogP contribution in [0.1, 0.15) is 12.8 Å². The highest BCUT2D eigenvalue weighted by Gasteiger charge is 2.18. The highest BCUT2D eigenvalue weighted by atomic mass is 16.3. The molecule has 0 spiro atoms. The maximum atomic E-state index is 9.04. The Hall–Kier alpha value is -1.29. The average molecular weight is 207 g/mol. The van der Waals surface area contributed by atoms with Crippen molar-refractivity contribution >= 4 is 11.5 Å². The second-order valence-electron chi connectivity index (χ2n) is 4.05. The third kappa shape index (κ3) is 2.39. The van der Waals surface area contributed by atoms with Crippen LogP contribution in [0.3, 0.4) is 0 Å². The molecule has 1 aromatic heterocycles. The standard InChI is InChI=1S/C11H17N3O/c12-11-7-10(1-4-13-11)14-5-2-9(8-15)3-6-14/h1,4,7,9,15H,2-3,5-6,8H2,(H2,12,13). The number of nitrogens with zero attached hydrogens (tertiary/aromatic N) is 2. The molecule has 1 aliphatic rings. The minimum Gasteiger partial charge on any atom is -0.396 e. The Bertz CT molecular complexity index is 321. The van der Waals surface area contributed by atoms with Crippen molar-refractivity contribution in [1.82, 2.24) is 4.98 Å². The summed E-state index contributed by atoms with van der Waals surface area (Å²) in [5, 5.41) is 9.04. The van der Waals surface area contributed by atoms with E-state index in [4.69, 9.17) is 10.8 Å². The molecule has 0 saturated carbocycles. The fourth-order valence-corrected chi connectivity index (χ4v) is 2.01. The van der Waals surface area contributed by atoms with Crippen LogP contribution in [-0.4, -0.2) is 29.8 Å². The summed E-state index contributed by atoms with van der Waals surface area (Å²) in [6, 6.07) is 3.88. The summed E-state index contributed by atoms with van der Waals surface area (Å²) in [5.74, 6) is 1.04. The van der Waals surface area contributed by atoms with Gasteiger partial charge in [-0.2, -0.15) is 0 Å². The first-order valence-electron chi connectivity index (χ1n) is 5.37. The molecule has 2 heterocycles. The Balaban J connectivity index is 2.01. The van der Waals surface area contributed by atoms with Crippen LogP contribution >= 0.6 is 0 Å². The number of rotatable bonds is 2. The topological polar surface area (TPSA) is 62.4 Å². The number of aliphatic hydroxyl groups is 1. The van der Waals surface area contributed by atoms with Gasteiger partial charge in [0.25, 0.3) is 0 Å². The molecule has 1 aromatic rings. The third-order valence-corrected chi connectivity index (χ3v) is 3.00. The molecule has 0 unspecified atom stereocenters. The maximum Gasteiger partial charge on any atom is 0.125 e. The number of aromatic nitrogens is 1. The zero-order valence-electron chi connectivity index (χ0n) is 8.76. The lowest BCUT2D eigenvalue weighted by atomic mass is 9.97. The van der Waals surface area contributed by atoms with Crippen LogP contribution in [0, 0.1) is 5.92 Å². The van der Waals surface area contributed by atoms with E-state index in [0.29, 0.717) is 18.3 Å². The summed E-state index contributed by atoms with van der Waals surface area (Å²) in [7, 11) is 0. The van der Waals surface area contributed by atoms with Crippen LogP contribution in [0.15, 0.2) is 18.3 Å². The summed E-state index contributed by atoms with van der Waals surface area (Å²) in [4.78, 5) is 6.27. The number of nitrogens with two attached hydrogens (primary N) is 1. The zero-order valence-corrected chi connectivity index (χ0v) is 8.76. The summed E-state index contributed by atoms with van der Waals surface area (Å²) in [6.07, 6.45) is 3.85. The van der Waals surface area contributed by atoms with Gasteiger partial charge in [0.05, 0.1) is 0 Å². The van der Waals surface area contributed by atoms with Gasteiger partial charge in [0.2, 0.25) is 0 Å². The van der Waals surface area contributed by atoms with E-state index in [-0.39, 0.29) is 0 Å². The number of aliphatic hydroxyl groups excluding tert-OH is 1. The molecule has 1 fully saturated rings. The van der Waals surface area contributed by atoms with Crippen LogP contribution < -0.4 is 10.6 Å². The van der Waals surface area contributed by atoms with Gasteiger partial charge in [0.1, 0.15) is 5.82 Å². The van der Waals surface area contributed by atoms with Crippen LogP contribution in [0.2, 0.25) is 0 Å². The zero-order chi connectivity index (χ0) is 10.7. The number of piperidine rings is 1. The highest BCUT2D eigenvalue weighted by molar-refractivity contribution is 5.52. The maximum absolute atomic E-state index is 9.04. The average Bonchev–Trinajstić information content (AvgIpc) is 2.29. The van der Waals surface area contributed by atoms with Gasteiger partial charge in [-0.15, -0.1) is 0 Å². The van der Waals surface area contributed by atoms with Gasteiger partial charge >= 0.3 is 0 Å². The van der Waals surface area contributed by atoms with E-state index in [0.717, 1.165) is 31.6 Å². The lowest BCUT2D eigenvalue weighted by molar-refractivity contribution is 0.203. The van der Waals surface area contributed by atoms with E-state index in [2.05, 4.69) is 9.88 Å². The Morgan fingerprint density at radius 1 is 1.47 bits per heavy atom. The molecular formula is C11H17N3O. The Morgan fingerprint density at radius 2 is 2.20 bits per heavy atom. The molecule has 2 rings (SSSR count). The Labute approximate surface area is 89.7 Å². The Morgan fingerprint density at radius 3 is 2.80 bits per heavy atom. The van der Waals surface area contributed by atoms with Gasteiger partial charge in [0.15, 0.2) is 0 Å². The first-order chi connectivity index (χ1) is 7.29. The van der Waals surface area contributed by atoms with E-state index < -0.39 is 0 Å². The van der Waals surface area contributed by atoms with Crippen molar-refractivity contribution in [3.05, 3.63) is 18.3 Å². The van der Waals surface area contributed by atoms with Gasteiger partial charge in [0, 0.05) is 37.6 Å². The third-order valence-electron chi connectivity index (χ3n) is 3.00. The number of hydrogen-bond donors (Lipinski definition) is 2. The van der Waals surface area contributed by atoms with Crippen LogP contribution in [-0.2, 0) is 0 Å². The number of anilines is 2. The summed E-state index contributed by atoms with van der Waals surface area (Å²) in [5.41, 5.74) is 6.78. The summed E-state index contributed by atoms with van der Waals surface area (Å²) in [6.45, 7) is 2.30. The van der Waals surface area contributed by atoms with Crippen molar-refractivity contribution in [3.8, 4) is 0 Å². The van der Waals surface area contributed by atoms with Crippen molar-refractivity contribution in [1.29, 1.82) is 0 Å². The second kappa shape index (κ2) is 4.49. The molecule has 1 saturated heterocycles. The Kier molecular flexibility index (Phi) is 3.06. The molecule has 4 heteroatoms. The van der Waals surface area contributed by atoms with E-state index in [1.165, 1.54) is 0 Å². The second-order valence-corrected chi connectivity index (χ2v) is 4.05. The van der Waals surface area contributed by atoms with Crippen molar-refractivity contribution < 1.29 is 5.11 Å². The number of nitrogen functional groups attached to an aromatic ring is 1. The van der Waals surface area contributed by atoms with Gasteiger partial charge in [-0.3, -0.25) is 0 Å². The molecule has 82 valence electrons. The fourth-order valence-electron chi connectivity index (χ4n) is 2.01. The normalized spacial score (nSPS) is 18.1. The lowest BCUT2D eigenvalue weighted by Gasteiger charge is -2.32. The van der Waals surface area contributed by atoms with Crippen LogP contribution in [0.5, 0.6) is 0 Å². The highest BCUT2D eigenvalue weighted by Crippen LogP contribution is 2.23.